The number of hydrogen-bond acceptors (Lipinski definition) is 3. The summed E-state index contributed by atoms with van der Waals surface area (Å²) in [5, 5.41) is 2.73. The number of nitrogens with one attached hydrogen (secondary N) is 1. The second-order valence-corrected chi connectivity index (χ2v) is 5.77. The van der Waals surface area contributed by atoms with E-state index in [1.54, 1.807) is 4.90 Å². The minimum Gasteiger partial charge on any atom is -0.484 e. The van der Waals surface area contributed by atoms with E-state index < -0.39 is 0 Å². The van der Waals surface area contributed by atoms with Gasteiger partial charge in [0.15, 0.2) is 6.61 Å². The van der Waals surface area contributed by atoms with E-state index in [4.69, 9.17) is 4.74 Å². The number of aryl methyl sites for hydroxylation is 1. The first-order chi connectivity index (χ1) is 12.1. The van der Waals surface area contributed by atoms with E-state index in [-0.39, 0.29) is 24.2 Å². The lowest BCUT2D eigenvalue weighted by Crippen LogP contribution is -2.42. The molecule has 0 spiro atoms. The molecule has 0 aromatic heterocycles. The molecule has 1 heterocycles. The van der Waals surface area contributed by atoms with Gasteiger partial charge in [-0.1, -0.05) is 18.2 Å². The zero-order chi connectivity index (χ0) is 17.6. The van der Waals surface area contributed by atoms with Crippen LogP contribution in [-0.4, -0.2) is 31.5 Å². The average Bonchev–Trinajstić information content (AvgIpc) is 2.63. The summed E-state index contributed by atoms with van der Waals surface area (Å²) in [6.07, 6.45) is 1.24. The summed E-state index contributed by atoms with van der Waals surface area (Å²) in [5.41, 5.74) is 2.06. The molecule has 0 saturated carbocycles. The molecule has 0 saturated heterocycles. The van der Waals surface area contributed by atoms with Crippen LogP contribution in [0.1, 0.15) is 12.0 Å². The van der Waals surface area contributed by atoms with Gasteiger partial charge in [-0.2, -0.15) is 0 Å². The number of rotatable bonds is 6. The van der Waals surface area contributed by atoms with Gasteiger partial charge < -0.3 is 15.0 Å². The van der Waals surface area contributed by atoms with Gasteiger partial charge in [0.2, 0.25) is 5.91 Å². The Hall–Kier alpha value is -2.89. The molecular formula is C19H19FN2O3. The highest BCUT2D eigenvalue weighted by molar-refractivity contribution is 5.96. The highest BCUT2D eigenvalue weighted by Crippen LogP contribution is 2.26. The van der Waals surface area contributed by atoms with Gasteiger partial charge >= 0.3 is 0 Å². The van der Waals surface area contributed by atoms with E-state index in [2.05, 4.69) is 5.32 Å². The van der Waals surface area contributed by atoms with Crippen LogP contribution in [-0.2, 0) is 16.0 Å². The number of halogens is 1. The van der Waals surface area contributed by atoms with E-state index in [1.165, 1.54) is 24.3 Å². The third-order valence-corrected chi connectivity index (χ3v) is 4.03. The third kappa shape index (κ3) is 4.35. The summed E-state index contributed by atoms with van der Waals surface area (Å²) in [5.74, 6) is -0.155. The number of nitrogens with zero attached hydrogens (tertiary/aromatic N) is 1. The molecule has 1 N–H and O–H groups in total. The van der Waals surface area contributed by atoms with Crippen LogP contribution < -0.4 is 15.0 Å². The Labute approximate surface area is 145 Å². The number of fused-ring (bicyclic) bond motifs is 1. The van der Waals surface area contributed by atoms with Crippen molar-refractivity contribution in [1.82, 2.24) is 5.32 Å². The molecule has 0 aliphatic carbocycles. The number of para-hydroxylation sites is 1. The summed E-state index contributed by atoms with van der Waals surface area (Å²) in [6, 6.07) is 13.3. The first-order valence-electron chi connectivity index (χ1n) is 8.17. The van der Waals surface area contributed by atoms with E-state index >= 15 is 0 Å². The average molecular weight is 342 g/mol. The molecule has 1 aliphatic heterocycles. The van der Waals surface area contributed by atoms with Gasteiger partial charge in [-0.05, 0) is 42.3 Å². The lowest BCUT2D eigenvalue weighted by Gasteiger charge is -2.29. The van der Waals surface area contributed by atoms with Crippen molar-refractivity contribution in [1.29, 1.82) is 0 Å². The Morgan fingerprint density at radius 2 is 1.88 bits per heavy atom. The van der Waals surface area contributed by atoms with Crippen LogP contribution in [0.25, 0.3) is 0 Å². The molecule has 130 valence electrons. The highest BCUT2D eigenvalue weighted by Gasteiger charge is 2.23. The van der Waals surface area contributed by atoms with Crippen LogP contribution in [0.15, 0.2) is 48.5 Å². The molecule has 3 rings (SSSR count). The summed E-state index contributed by atoms with van der Waals surface area (Å²) < 4.78 is 18.1. The van der Waals surface area contributed by atoms with Crippen LogP contribution >= 0.6 is 0 Å². The van der Waals surface area contributed by atoms with E-state index in [0.717, 1.165) is 17.7 Å². The third-order valence-electron chi connectivity index (χ3n) is 4.03. The van der Waals surface area contributed by atoms with Crippen molar-refractivity contribution in [3.8, 4) is 5.75 Å². The normalized spacial score (nSPS) is 13.3. The highest BCUT2D eigenvalue weighted by atomic mass is 19.1. The summed E-state index contributed by atoms with van der Waals surface area (Å²) in [4.78, 5) is 25.7. The molecule has 6 heteroatoms. The molecule has 0 unspecified atom stereocenters. The molecule has 25 heavy (non-hydrogen) atoms. The number of benzene rings is 2. The Balaban J connectivity index is 1.47. The van der Waals surface area contributed by atoms with Gasteiger partial charge in [0, 0.05) is 25.2 Å². The standard InChI is InChI=1S/C19H19FN2O3/c20-15-6-8-16(9-7-15)25-13-18(23)21-11-12-22-17-4-2-1-3-14(17)5-10-19(22)24/h1-4,6-9H,5,10-13H2,(H,21,23). The minimum absolute atomic E-state index is 0.0653. The van der Waals surface area contributed by atoms with Gasteiger partial charge in [-0.3, -0.25) is 9.59 Å². The van der Waals surface area contributed by atoms with Gasteiger partial charge in [0.25, 0.3) is 5.91 Å². The van der Waals surface area contributed by atoms with Crippen molar-refractivity contribution in [3.05, 3.63) is 59.9 Å². The molecule has 2 aromatic rings. The SMILES string of the molecule is O=C(COc1ccc(F)cc1)NCCN1C(=O)CCc2ccccc21. The molecule has 0 fully saturated rings. The predicted molar refractivity (Wildman–Crippen MR) is 92.0 cm³/mol. The second-order valence-electron chi connectivity index (χ2n) is 5.77. The topological polar surface area (TPSA) is 58.6 Å². The van der Waals surface area contributed by atoms with E-state index in [0.29, 0.717) is 25.3 Å². The minimum atomic E-state index is -0.358. The lowest BCUT2D eigenvalue weighted by atomic mass is 10.0. The molecule has 2 aromatic carbocycles. The Morgan fingerprint density at radius 3 is 2.68 bits per heavy atom. The zero-order valence-electron chi connectivity index (χ0n) is 13.7. The Morgan fingerprint density at radius 1 is 1.12 bits per heavy atom. The number of carbonyl (C=O) groups excluding carboxylic acids is 2. The van der Waals surface area contributed by atoms with Gasteiger partial charge in [-0.25, -0.2) is 4.39 Å². The monoisotopic (exact) mass is 342 g/mol. The maximum absolute atomic E-state index is 12.8. The smallest absolute Gasteiger partial charge is 0.258 e. The molecule has 0 radical (unpaired) electrons. The maximum atomic E-state index is 12.8. The molecule has 2 amide bonds. The van der Waals surface area contributed by atoms with Crippen molar-refractivity contribution in [3.63, 3.8) is 0 Å². The zero-order valence-corrected chi connectivity index (χ0v) is 13.7. The van der Waals surface area contributed by atoms with Crippen LogP contribution in [0, 0.1) is 5.82 Å². The van der Waals surface area contributed by atoms with Gasteiger partial charge in [-0.15, -0.1) is 0 Å². The van der Waals surface area contributed by atoms with E-state index in [1.807, 2.05) is 24.3 Å². The van der Waals surface area contributed by atoms with Crippen LogP contribution in [0.3, 0.4) is 0 Å². The summed E-state index contributed by atoms with van der Waals surface area (Å²) in [7, 11) is 0. The molecule has 5 nitrogen and oxygen atoms in total. The van der Waals surface area contributed by atoms with Crippen LogP contribution in [0.4, 0.5) is 10.1 Å². The number of anilines is 1. The summed E-state index contributed by atoms with van der Waals surface area (Å²) >= 11 is 0. The Kier molecular flexibility index (Phi) is 5.28. The van der Waals surface area contributed by atoms with Crippen LogP contribution in [0.5, 0.6) is 5.75 Å². The van der Waals surface area contributed by atoms with Gasteiger partial charge in [0.1, 0.15) is 11.6 Å². The largest absolute Gasteiger partial charge is 0.484 e. The predicted octanol–water partition coefficient (Wildman–Crippen LogP) is 2.30. The number of amides is 2. The van der Waals surface area contributed by atoms with Crippen molar-refractivity contribution >= 4 is 17.5 Å². The number of ether oxygens (including phenoxy) is 1. The molecule has 0 atom stereocenters. The van der Waals surface area contributed by atoms with Crippen LogP contribution in [0.2, 0.25) is 0 Å². The molecular weight excluding hydrogens is 323 g/mol. The van der Waals surface area contributed by atoms with Crippen molar-refractivity contribution in [2.75, 3.05) is 24.6 Å². The number of carbonyl (C=O) groups is 2. The fourth-order valence-corrected chi connectivity index (χ4v) is 2.78. The van der Waals surface area contributed by atoms with Crippen molar-refractivity contribution < 1.29 is 18.7 Å². The Bertz CT molecular complexity index is 762. The number of hydrogen-bond donors (Lipinski definition) is 1. The first kappa shape index (κ1) is 17.0. The van der Waals surface area contributed by atoms with E-state index in [9.17, 15) is 14.0 Å². The lowest BCUT2D eigenvalue weighted by molar-refractivity contribution is -0.123. The first-order valence-corrected chi connectivity index (χ1v) is 8.17. The van der Waals surface area contributed by atoms with Gasteiger partial charge in [0.05, 0.1) is 0 Å². The second kappa shape index (κ2) is 7.79. The molecule has 1 aliphatic rings. The summed E-state index contributed by atoms with van der Waals surface area (Å²) in [6.45, 7) is 0.597. The fourth-order valence-electron chi connectivity index (χ4n) is 2.78. The van der Waals surface area contributed by atoms with Crippen molar-refractivity contribution in [2.24, 2.45) is 0 Å². The molecule has 0 bridgehead atoms. The van der Waals surface area contributed by atoms with Crippen molar-refractivity contribution in [2.45, 2.75) is 12.8 Å². The maximum Gasteiger partial charge on any atom is 0.258 e. The fraction of sp³-hybridized carbons (Fsp3) is 0.263. The quantitative estimate of drug-likeness (QED) is 0.876.